The van der Waals surface area contributed by atoms with Crippen molar-refractivity contribution in [1.82, 2.24) is 65.4 Å². The van der Waals surface area contributed by atoms with Crippen LogP contribution in [0.2, 0.25) is 0 Å². The molecule has 2 rings (SSSR count). The molecule has 0 spiro atoms. The maximum atomic E-state index is 15.4. The van der Waals surface area contributed by atoms with Gasteiger partial charge in [0, 0.05) is 82.1 Å². The molecule has 2 aliphatic heterocycles. The lowest BCUT2D eigenvalue weighted by Gasteiger charge is -2.41. The summed E-state index contributed by atoms with van der Waals surface area (Å²) in [5.74, 6) is -10.3. The average Bonchev–Trinajstić information content (AvgIpc) is 0.814. The Morgan fingerprint density at radius 2 is 0.895 bits per heavy atom. The van der Waals surface area contributed by atoms with Gasteiger partial charge in [0.15, 0.2) is 0 Å². The van der Waals surface area contributed by atoms with Gasteiger partial charge in [0.1, 0.15) is 60.4 Å². The van der Waals surface area contributed by atoms with Gasteiger partial charge in [-0.25, -0.2) is 0 Å². The van der Waals surface area contributed by atoms with Gasteiger partial charge in [0.05, 0.1) is 12.7 Å². The van der Waals surface area contributed by atoms with Crippen LogP contribution in [-0.2, 0) is 57.5 Å². The summed E-state index contributed by atoms with van der Waals surface area (Å²) in [6.45, 7) is 33.3. The summed E-state index contributed by atoms with van der Waals surface area (Å²) < 4.78 is 6.44. The maximum absolute atomic E-state index is 15.4. The molecule has 0 aromatic rings. The Hall–Kier alpha value is -6.25. The first-order chi connectivity index (χ1) is 44.1. The van der Waals surface area contributed by atoms with Crippen LogP contribution in [0.1, 0.15) is 156 Å². The molecule has 26 nitrogen and oxygen atoms in total. The second kappa shape index (κ2) is 39.2. The number of aliphatic hydroxyl groups excluding tert-OH is 1. The number of aliphatic hydroxyl groups is 1. The number of nitrogens with one attached hydrogen (secondary N) is 4. The van der Waals surface area contributed by atoms with Gasteiger partial charge in [0.2, 0.25) is 65.3 Å². The van der Waals surface area contributed by atoms with E-state index in [2.05, 4.69) is 31.1 Å². The van der Waals surface area contributed by atoms with Crippen LogP contribution in [0, 0.1) is 41.4 Å². The Morgan fingerprint density at radius 3 is 1.36 bits per heavy atom. The van der Waals surface area contributed by atoms with Gasteiger partial charge < -0.3 is 70.3 Å². The summed E-state index contributed by atoms with van der Waals surface area (Å²) in [7, 11) is 11.9. The lowest BCUT2D eigenvalue weighted by Crippen LogP contribution is -2.64. The first-order valence-electron chi connectivity index (χ1n) is 34.5. The van der Waals surface area contributed by atoms with E-state index >= 15 is 28.8 Å². The zero-order valence-electron chi connectivity index (χ0n) is 62.5. The predicted octanol–water partition coefficient (Wildman–Crippen LogP) is 2.86. The van der Waals surface area contributed by atoms with Gasteiger partial charge in [-0.15, -0.1) is 0 Å². The highest BCUT2D eigenvalue weighted by Crippen LogP contribution is 2.26. The average molecular weight is 1340 g/mol. The van der Waals surface area contributed by atoms with Gasteiger partial charge >= 0.3 is 0 Å². The van der Waals surface area contributed by atoms with Gasteiger partial charge in [-0.1, -0.05) is 109 Å². The lowest BCUT2D eigenvalue weighted by molar-refractivity contribution is -0.168. The molecule has 544 valence electrons. The number of amides is 11. The third-order valence-corrected chi connectivity index (χ3v) is 18.5. The second-order valence-electron chi connectivity index (χ2n) is 29.2. The highest BCUT2D eigenvalue weighted by molar-refractivity contribution is 6.00. The van der Waals surface area contributed by atoms with Crippen molar-refractivity contribution in [2.24, 2.45) is 41.4 Å². The molecule has 0 radical (unpaired) electrons. The Balaban J connectivity index is 3.10. The van der Waals surface area contributed by atoms with Crippen molar-refractivity contribution in [2.45, 2.75) is 229 Å². The van der Waals surface area contributed by atoms with Crippen LogP contribution in [0.3, 0.4) is 0 Å². The number of hydrogen-bond acceptors (Lipinski definition) is 15. The molecule has 2 fully saturated rings. The van der Waals surface area contributed by atoms with Gasteiger partial charge in [0.25, 0.3) is 5.91 Å². The minimum atomic E-state index is -1.67. The molecule has 0 aromatic heterocycles. The van der Waals surface area contributed by atoms with E-state index in [4.69, 9.17) is 4.74 Å². The Morgan fingerprint density at radius 1 is 0.463 bits per heavy atom. The summed E-state index contributed by atoms with van der Waals surface area (Å²) >= 11 is 0. The number of hydrogen-bond donors (Lipinski definition) is 5. The zero-order chi connectivity index (χ0) is 73.0. The molecule has 0 saturated carbocycles. The van der Waals surface area contributed by atoms with Crippen LogP contribution in [0.15, 0.2) is 12.2 Å². The molecular weight excluding hydrogens is 1220 g/mol. The number of nitrogens with zero attached hydrogens (tertiary/aromatic N) is 9. The smallest absolute Gasteiger partial charge is 0.273 e. The monoisotopic (exact) mass is 1340 g/mol. The van der Waals surface area contributed by atoms with E-state index in [0.717, 1.165) is 36.0 Å². The van der Waals surface area contributed by atoms with Crippen LogP contribution in [0.25, 0.3) is 0 Å². The highest BCUT2D eigenvalue weighted by atomic mass is 16.5. The fourth-order valence-corrected chi connectivity index (χ4v) is 12.3. The summed E-state index contributed by atoms with van der Waals surface area (Å²) in [4.78, 5) is 177. The molecule has 0 bridgehead atoms. The molecule has 5 N–H and O–H groups in total. The molecule has 2 aliphatic rings. The van der Waals surface area contributed by atoms with Crippen molar-refractivity contribution in [3.05, 3.63) is 12.2 Å². The normalized spacial score (nSPS) is 27.5. The van der Waals surface area contributed by atoms with Crippen LogP contribution < -0.4 is 21.3 Å². The number of piperazine rings is 1. The standard InChI is InChI=1S/C69H125N13O13/c1-26-28-29-46(15)57(83)56-61(87)72-49(27-2)63(89)81(25)69(95-35-34-82-32-30-74(18)31-33-82)68(94)76(20)51(37-41(5)6)60(86)73-54(44(11)12)66(92)75(19)50(36-40(3)4)59(85)70-47(16)58(84)71-48(17)62(88)77(21)52(38-42(7)8)64(90)78(22)53(39-43(9)10)65(91)79(23)55(45(13)14)67(93)80(56)24/h26,28,40-57,69,83H,27,29-39H2,1-25H3,(H,70,85)(H,71,84)(H,72,87)(H,73,86)/b28-26+/t46-,47+,48-,49+,50+,51+,52+,53+,54+,55+,56+,57-,69-/m1/s1. The molecule has 26 heteroatoms. The van der Waals surface area contributed by atoms with E-state index in [0.29, 0.717) is 6.54 Å². The first-order valence-corrected chi connectivity index (χ1v) is 34.5. The van der Waals surface area contributed by atoms with Crippen molar-refractivity contribution in [3.63, 3.8) is 0 Å². The highest BCUT2D eigenvalue weighted by Gasteiger charge is 2.47. The van der Waals surface area contributed by atoms with Crippen molar-refractivity contribution in [2.75, 3.05) is 95.7 Å². The van der Waals surface area contributed by atoms with Gasteiger partial charge in [-0.2, -0.15) is 0 Å². The van der Waals surface area contributed by atoms with Gasteiger partial charge in [-0.3, -0.25) is 57.6 Å². The molecule has 13 atom stereocenters. The quantitative estimate of drug-likeness (QED) is 0.116. The Kier molecular flexibility index (Phi) is 35.0. The number of carbonyl (C=O) groups is 11. The molecule has 2 heterocycles. The summed E-state index contributed by atoms with van der Waals surface area (Å²) in [5, 5.41) is 23.5. The molecule has 95 heavy (non-hydrogen) atoms. The second-order valence-corrected chi connectivity index (χ2v) is 29.2. The molecule has 0 unspecified atom stereocenters. The number of ether oxygens (including phenoxy) is 1. The lowest BCUT2D eigenvalue weighted by atomic mass is 9.91. The molecule has 0 aromatic carbocycles. The summed E-state index contributed by atoms with van der Waals surface area (Å²) in [6.07, 6.45) is 1.15. The molecule has 2 saturated heterocycles. The van der Waals surface area contributed by atoms with Crippen LogP contribution in [-0.4, -0.2) is 283 Å². The third kappa shape index (κ3) is 24.1. The largest absolute Gasteiger partial charge is 0.390 e. The minimum absolute atomic E-state index is 0.0283. The van der Waals surface area contributed by atoms with Crippen LogP contribution in [0.5, 0.6) is 0 Å². The summed E-state index contributed by atoms with van der Waals surface area (Å²) in [5.41, 5.74) is 0. The zero-order valence-corrected chi connectivity index (χ0v) is 62.5. The first kappa shape index (κ1) is 84.8. The van der Waals surface area contributed by atoms with E-state index in [-0.39, 0.29) is 68.8 Å². The van der Waals surface area contributed by atoms with E-state index in [1.54, 1.807) is 54.5 Å². The van der Waals surface area contributed by atoms with Crippen molar-refractivity contribution in [1.29, 1.82) is 0 Å². The third-order valence-electron chi connectivity index (χ3n) is 18.5. The topological polar surface area (TPSA) is 295 Å². The number of allylic oxidation sites excluding steroid dienone is 2. The van der Waals surface area contributed by atoms with Crippen LogP contribution in [0.4, 0.5) is 0 Å². The Bertz CT molecular complexity index is 2590. The van der Waals surface area contributed by atoms with Gasteiger partial charge in [-0.05, 0) is 108 Å². The number of carbonyl (C=O) groups excluding carboxylic acids is 11. The minimum Gasteiger partial charge on any atom is -0.390 e. The van der Waals surface area contributed by atoms with Crippen molar-refractivity contribution < 1.29 is 62.6 Å². The predicted molar refractivity (Wildman–Crippen MR) is 367 cm³/mol. The van der Waals surface area contributed by atoms with E-state index in [1.807, 2.05) is 68.5 Å². The molecule has 0 aliphatic carbocycles. The SMILES string of the molecule is C/C=C/C[C@@H](C)[C@@H](O)[C@H]1C(=O)N[C@@H](CC)C(=O)N(C)[C@H](OCCN2CCN(C)CC2)C(=O)N(C)[C@@H](CC(C)C)C(=O)N[C@@H](C(C)C)C(=O)N(C)[C@@H](CC(C)C)C(=O)N[C@@H](C)C(=O)N[C@H](C)C(=O)N(C)[C@@H](CC(C)C)C(=O)N(C)[C@@H](CC(C)C)C(=O)N(C)[C@@H](C(C)C)C(=O)N1C. The number of likely N-dealkylation sites (N-methyl/N-ethyl adjacent to an activating group) is 8. The van der Waals surface area contributed by atoms with Crippen LogP contribution >= 0.6 is 0 Å². The van der Waals surface area contributed by atoms with E-state index in [9.17, 15) is 29.1 Å². The Labute approximate surface area is 569 Å². The molecule has 11 amide bonds. The van der Waals surface area contributed by atoms with Crippen molar-refractivity contribution >= 4 is 65.0 Å². The summed E-state index contributed by atoms with van der Waals surface area (Å²) in [6, 6.07) is -12.8. The van der Waals surface area contributed by atoms with E-state index in [1.165, 1.54) is 87.7 Å². The molecular formula is C69H125N13O13. The fraction of sp³-hybridized carbons (Fsp3) is 0.812. The van der Waals surface area contributed by atoms with E-state index < -0.39 is 155 Å². The number of rotatable bonds is 19. The fourth-order valence-electron chi connectivity index (χ4n) is 12.3. The maximum Gasteiger partial charge on any atom is 0.273 e. The van der Waals surface area contributed by atoms with Crippen molar-refractivity contribution in [3.8, 4) is 0 Å².